The molecule has 0 spiro atoms. The molecule has 2 atom stereocenters. The van der Waals surface area contributed by atoms with Gasteiger partial charge in [-0.25, -0.2) is 0 Å². The molecular formula is C13H21IN2. The fourth-order valence-electron chi connectivity index (χ4n) is 2.06. The number of benzene rings is 1. The molecule has 1 aromatic rings. The SMILES string of the molecule is CCCC(C)CC(NN)c1ccccc1I. The van der Waals surface area contributed by atoms with E-state index in [9.17, 15) is 0 Å². The summed E-state index contributed by atoms with van der Waals surface area (Å²) in [6, 6.07) is 8.70. The summed E-state index contributed by atoms with van der Waals surface area (Å²) in [7, 11) is 0. The zero-order chi connectivity index (χ0) is 12.0. The van der Waals surface area contributed by atoms with Crippen LogP contribution in [0, 0.1) is 9.49 Å². The summed E-state index contributed by atoms with van der Waals surface area (Å²) in [6.45, 7) is 4.53. The molecule has 2 unspecified atom stereocenters. The Kier molecular flexibility index (Phi) is 6.31. The fourth-order valence-corrected chi connectivity index (χ4v) is 2.82. The Labute approximate surface area is 112 Å². The lowest BCUT2D eigenvalue weighted by atomic mass is 9.93. The van der Waals surface area contributed by atoms with Crippen molar-refractivity contribution < 1.29 is 0 Å². The van der Waals surface area contributed by atoms with E-state index in [1.165, 1.54) is 22.0 Å². The quantitative estimate of drug-likeness (QED) is 0.474. The topological polar surface area (TPSA) is 38.0 Å². The third-order valence-electron chi connectivity index (χ3n) is 2.90. The van der Waals surface area contributed by atoms with Crippen molar-refractivity contribution in [2.45, 2.75) is 39.2 Å². The molecule has 1 aromatic carbocycles. The van der Waals surface area contributed by atoms with Gasteiger partial charge in [0.25, 0.3) is 0 Å². The minimum absolute atomic E-state index is 0.273. The maximum Gasteiger partial charge on any atom is 0.0473 e. The van der Waals surface area contributed by atoms with Gasteiger partial charge in [-0.1, -0.05) is 44.9 Å². The Bertz CT molecular complexity index is 315. The predicted octanol–water partition coefficient (Wildman–Crippen LogP) is 3.62. The Morgan fingerprint density at radius 3 is 2.62 bits per heavy atom. The number of halogens is 1. The molecule has 0 aliphatic carbocycles. The van der Waals surface area contributed by atoms with Gasteiger partial charge in [0.15, 0.2) is 0 Å². The van der Waals surface area contributed by atoms with Crippen molar-refractivity contribution in [2.75, 3.05) is 0 Å². The van der Waals surface area contributed by atoms with Gasteiger partial charge in [0, 0.05) is 9.61 Å². The first-order valence-electron chi connectivity index (χ1n) is 5.89. The number of hydrazine groups is 1. The monoisotopic (exact) mass is 332 g/mol. The Balaban J connectivity index is 2.71. The van der Waals surface area contributed by atoms with Crippen LogP contribution in [0.1, 0.15) is 44.7 Å². The van der Waals surface area contributed by atoms with Crippen molar-refractivity contribution in [3.8, 4) is 0 Å². The standard InChI is InChI=1S/C13H21IN2/c1-3-6-10(2)9-13(16-15)11-7-4-5-8-12(11)14/h4-5,7-8,10,13,16H,3,6,9,15H2,1-2H3. The summed E-state index contributed by atoms with van der Waals surface area (Å²) in [4.78, 5) is 0. The molecule has 0 aliphatic heterocycles. The molecule has 16 heavy (non-hydrogen) atoms. The molecule has 0 bridgehead atoms. The van der Waals surface area contributed by atoms with E-state index in [-0.39, 0.29) is 6.04 Å². The highest BCUT2D eigenvalue weighted by atomic mass is 127. The van der Waals surface area contributed by atoms with Crippen LogP contribution < -0.4 is 11.3 Å². The van der Waals surface area contributed by atoms with Gasteiger partial charge in [0.1, 0.15) is 0 Å². The summed E-state index contributed by atoms with van der Waals surface area (Å²) in [5, 5.41) is 0. The Morgan fingerprint density at radius 1 is 1.38 bits per heavy atom. The van der Waals surface area contributed by atoms with Crippen molar-refractivity contribution in [2.24, 2.45) is 11.8 Å². The van der Waals surface area contributed by atoms with Crippen LogP contribution >= 0.6 is 22.6 Å². The zero-order valence-electron chi connectivity index (χ0n) is 10.0. The molecule has 0 fully saturated rings. The summed E-state index contributed by atoms with van der Waals surface area (Å²) in [5.41, 5.74) is 4.26. The Hall–Kier alpha value is -0.130. The third-order valence-corrected chi connectivity index (χ3v) is 3.88. The number of hydrogen-bond donors (Lipinski definition) is 2. The molecule has 3 heteroatoms. The van der Waals surface area contributed by atoms with E-state index in [2.05, 4.69) is 66.1 Å². The zero-order valence-corrected chi connectivity index (χ0v) is 12.2. The largest absolute Gasteiger partial charge is 0.271 e. The second kappa shape index (κ2) is 7.25. The maximum absolute atomic E-state index is 5.66. The second-order valence-electron chi connectivity index (χ2n) is 4.37. The minimum Gasteiger partial charge on any atom is -0.271 e. The van der Waals surface area contributed by atoms with Gasteiger partial charge in [-0.3, -0.25) is 11.3 Å². The van der Waals surface area contributed by atoms with E-state index in [1.807, 2.05) is 0 Å². The molecule has 0 saturated heterocycles. The lowest BCUT2D eigenvalue weighted by molar-refractivity contribution is 0.394. The molecule has 0 aromatic heterocycles. The summed E-state index contributed by atoms with van der Waals surface area (Å²) in [6.07, 6.45) is 3.61. The average molecular weight is 332 g/mol. The number of nitrogens with one attached hydrogen (secondary N) is 1. The highest BCUT2D eigenvalue weighted by molar-refractivity contribution is 14.1. The van der Waals surface area contributed by atoms with Crippen LogP contribution in [0.3, 0.4) is 0 Å². The first-order chi connectivity index (χ1) is 7.69. The maximum atomic E-state index is 5.66. The lowest BCUT2D eigenvalue weighted by Crippen LogP contribution is -2.29. The first kappa shape index (κ1) is 13.9. The van der Waals surface area contributed by atoms with E-state index in [0.29, 0.717) is 5.92 Å². The molecule has 0 amide bonds. The first-order valence-corrected chi connectivity index (χ1v) is 6.97. The summed E-state index contributed by atoms with van der Waals surface area (Å²) < 4.78 is 1.28. The van der Waals surface area contributed by atoms with Crippen molar-refractivity contribution in [3.05, 3.63) is 33.4 Å². The van der Waals surface area contributed by atoms with Crippen molar-refractivity contribution in [3.63, 3.8) is 0 Å². The van der Waals surface area contributed by atoms with Gasteiger partial charge in [0.2, 0.25) is 0 Å². The van der Waals surface area contributed by atoms with Crippen LogP contribution in [-0.4, -0.2) is 0 Å². The second-order valence-corrected chi connectivity index (χ2v) is 5.53. The van der Waals surface area contributed by atoms with E-state index in [0.717, 1.165) is 6.42 Å². The smallest absolute Gasteiger partial charge is 0.0473 e. The third kappa shape index (κ3) is 4.03. The van der Waals surface area contributed by atoms with Crippen LogP contribution in [-0.2, 0) is 0 Å². The van der Waals surface area contributed by atoms with Gasteiger partial charge >= 0.3 is 0 Å². The van der Waals surface area contributed by atoms with Crippen molar-refractivity contribution >= 4 is 22.6 Å². The number of rotatable bonds is 6. The van der Waals surface area contributed by atoms with E-state index in [1.54, 1.807) is 0 Å². The number of nitrogens with two attached hydrogens (primary N) is 1. The van der Waals surface area contributed by atoms with Gasteiger partial charge < -0.3 is 0 Å². The van der Waals surface area contributed by atoms with Crippen molar-refractivity contribution in [1.82, 2.24) is 5.43 Å². The van der Waals surface area contributed by atoms with Crippen LogP contribution in [0.5, 0.6) is 0 Å². The summed E-state index contributed by atoms with van der Waals surface area (Å²) >= 11 is 2.37. The van der Waals surface area contributed by atoms with Crippen LogP contribution in [0.4, 0.5) is 0 Å². The van der Waals surface area contributed by atoms with Gasteiger partial charge in [-0.15, -0.1) is 0 Å². The highest BCUT2D eigenvalue weighted by Crippen LogP contribution is 2.26. The van der Waals surface area contributed by atoms with Gasteiger partial charge in [0.05, 0.1) is 0 Å². The molecule has 3 N–H and O–H groups in total. The number of hydrogen-bond acceptors (Lipinski definition) is 2. The molecule has 0 aliphatic rings. The van der Waals surface area contributed by atoms with Crippen LogP contribution in [0.25, 0.3) is 0 Å². The molecule has 0 radical (unpaired) electrons. The van der Waals surface area contributed by atoms with E-state index in [4.69, 9.17) is 5.84 Å². The molecule has 0 saturated carbocycles. The van der Waals surface area contributed by atoms with Crippen LogP contribution in [0.15, 0.2) is 24.3 Å². The lowest BCUT2D eigenvalue weighted by Gasteiger charge is -2.21. The molecule has 90 valence electrons. The highest BCUT2D eigenvalue weighted by Gasteiger charge is 2.15. The minimum atomic E-state index is 0.273. The fraction of sp³-hybridized carbons (Fsp3) is 0.538. The Morgan fingerprint density at radius 2 is 2.06 bits per heavy atom. The summed E-state index contributed by atoms with van der Waals surface area (Å²) in [5.74, 6) is 6.38. The normalized spacial score (nSPS) is 14.8. The average Bonchev–Trinajstić information content (AvgIpc) is 2.27. The van der Waals surface area contributed by atoms with E-state index >= 15 is 0 Å². The molecule has 0 heterocycles. The van der Waals surface area contributed by atoms with Gasteiger partial charge in [-0.2, -0.15) is 0 Å². The van der Waals surface area contributed by atoms with E-state index < -0.39 is 0 Å². The molecule has 2 nitrogen and oxygen atoms in total. The van der Waals surface area contributed by atoms with Crippen LogP contribution in [0.2, 0.25) is 0 Å². The molecule has 1 rings (SSSR count). The van der Waals surface area contributed by atoms with Gasteiger partial charge in [-0.05, 0) is 46.6 Å². The predicted molar refractivity (Wildman–Crippen MR) is 77.9 cm³/mol. The van der Waals surface area contributed by atoms with Crippen molar-refractivity contribution in [1.29, 1.82) is 0 Å². The molecular weight excluding hydrogens is 311 g/mol.